The maximum absolute atomic E-state index is 12.0. The number of aryl methyl sites for hydroxylation is 1. The second-order valence-electron chi connectivity index (χ2n) is 16.7. The predicted octanol–water partition coefficient (Wildman–Crippen LogP) is 11.8. The first-order valence-electron chi connectivity index (χ1n) is 18.7. The van der Waals surface area contributed by atoms with Gasteiger partial charge in [0, 0.05) is 21.7 Å². The molecule has 0 radical (unpaired) electrons. The van der Waals surface area contributed by atoms with Crippen molar-refractivity contribution in [3.63, 3.8) is 0 Å². The van der Waals surface area contributed by atoms with Crippen molar-refractivity contribution in [3.8, 4) is 11.1 Å². The largest absolute Gasteiger partial charge is 0.545 e. The van der Waals surface area contributed by atoms with Crippen molar-refractivity contribution in [2.75, 3.05) is 0 Å². The van der Waals surface area contributed by atoms with Crippen molar-refractivity contribution >= 4 is 27.7 Å². The van der Waals surface area contributed by atoms with Gasteiger partial charge in [-0.25, -0.2) is 0 Å². The third-order valence-electron chi connectivity index (χ3n) is 11.5. The highest BCUT2D eigenvalue weighted by Gasteiger charge is 2.31. The van der Waals surface area contributed by atoms with Gasteiger partial charge >= 0.3 is 0 Å². The molecule has 0 N–H and O–H groups in total. The predicted molar refractivity (Wildman–Crippen MR) is 204 cm³/mol. The maximum Gasteiger partial charge on any atom is 0.0721 e. The zero-order valence-corrected chi connectivity index (χ0v) is 32.4. The van der Waals surface area contributed by atoms with Gasteiger partial charge in [-0.2, -0.15) is 0 Å². The number of carbonyl (C=O) groups excluding carboxylic acids is 1. The Morgan fingerprint density at radius 3 is 2.22 bits per heavy atom. The van der Waals surface area contributed by atoms with E-state index < -0.39 is 22.1 Å². The fraction of sp³-hybridized carbons (Fsp3) is 0.595. The summed E-state index contributed by atoms with van der Waals surface area (Å²) in [6.45, 7) is 17.6. The van der Waals surface area contributed by atoms with Gasteiger partial charge in [0.2, 0.25) is 0 Å². The molecule has 0 bridgehead atoms. The Hall–Kier alpha value is -2.18. The molecule has 2 aromatic rings. The van der Waals surface area contributed by atoms with E-state index in [9.17, 15) is 9.90 Å². The quantitative estimate of drug-likeness (QED) is 0.103. The molecule has 0 saturated carbocycles. The summed E-state index contributed by atoms with van der Waals surface area (Å²) in [4.78, 5) is 12.0. The third kappa shape index (κ3) is 10.9. The Morgan fingerprint density at radius 2 is 1.59 bits per heavy atom. The highest BCUT2D eigenvalue weighted by Crippen LogP contribution is 2.37. The minimum atomic E-state index is -1.23. The van der Waals surface area contributed by atoms with Crippen LogP contribution in [0.1, 0.15) is 106 Å². The van der Waals surface area contributed by atoms with Crippen LogP contribution in [-0.4, -0.2) is 22.1 Å². The van der Waals surface area contributed by atoms with E-state index in [4.69, 9.17) is 0 Å². The lowest BCUT2D eigenvalue weighted by Crippen LogP contribution is -2.34. The number of carboxylic acid groups (broad SMARTS) is 1. The van der Waals surface area contributed by atoms with Crippen LogP contribution in [0.15, 0.2) is 60.2 Å². The van der Waals surface area contributed by atoms with Crippen LogP contribution in [0.3, 0.4) is 0 Å². The monoisotopic (exact) mass is 655 g/mol. The van der Waals surface area contributed by atoms with Crippen molar-refractivity contribution in [3.05, 3.63) is 76.9 Å². The smallest absolute Gasteiger partial charge is 0.0721 e. The number of unbranched alkanes of at least 4 members (excludes halogenated alkanes) is 1. The van der Waals surface area contributed by atoms with E-state index in [1.807, 2.05) is 6.07 Å². The Labute approximate surface area is 284 Å². The normalized spacial score (nSPS) is 19.8. The molecule has 46 heavy (non-hydrogen) atoms. The average molecular weight is 656 g/mol. The minimum Gasteiger partial charge on any atom is -0.545 e. The van der Waals surface area contributed by atoms with E-state index in [1.165, 1.54) is 98.7 Å². The second-order valence-corrected chi connectivity index (χ2v) is 27.3. The molecule has 3 atom stereocenters. The average Bonchev–Trinajstić information content (AvgIpc) is 3.03. The molecule has 2 aliphatic rings. The second kappa shape index (κ2) is 16.8. The first kappa shape index (κ1) is 36.7. The molecule has 4 rings (SSSR count). The van der Waals surface area contributed by atoms with E-state index in [-0.39, 0.29) is 0 Å². The summed E-state index contributed by atoms with van der Waals surface area (Å²) in [6, 6.07) is 20.3. The van der Waals surface area contributed by atoms with Gasteiger partial charge in [-0.15, -0.1) is 0 Å². The van der Waals surface area contributed by atoms with Crippen LogP contribution in [0.5, 0.6) is 0 Å². The van der Waals surface area contributed by atoms with Gasteiger partial charge in [0.25, 0.3) is 0 Å². The van der Waals surface area contributed by atoms with Crippen LogP contribution in [0.4, 0.5) is 0 Å². The molecule has 0 heterocycles. The standard InChI is InChI=1S/C42H64O2Si2/c1-8-11-34-15-20-37(21-16-34)38-22-24-39(25-23-38)41-30-35(17-26-40(41)42(43)44)12-9-10-27-45(4,5)28-29-46(6,7)31-33(3)36-18-13-32(2)14-19-36/h13,17,20,22-26,30,33-34,36H,8-12,14-16,18-19,21,27-29,31H2,1-7H3,(H,43,44)/p-1. The number of aromatic carboxylic acids is 1. The zero-order valence-electron chi connectivity index (χ0n) is 30.4. The molecule has 2 aromatic carbocycles. The number of allylic oxidation sites excluding steroid dienone is 4. The Balaban J connectivity index is 1.28. The molecule has 4 heteroatoms. The molecule has 2 aliphatic carbocycles. The van der Waals surface area contributed by atoms with E-state index in [2.05, 4.69) is 89.4 Å². The lowest BCUT2D eigenvalue weighted by atomic mass is 9.83. The van der Waals surface area contributed by atoms with Crippen LogP contribution < -0.4 is 5.11 Å². The number of hydrogen-bond donors (Lipinski definition) is 0. The molecule has 0 aromatic heterocycles. The number of rotatable bonds is 16. The summed E-state index contributed by atoms with van der Waals surface area (Å²) in [5.41, 5.74) is 7.59. The Bertz CT molecular complexity index is 1350. The van der Waals surface area contributed by atoms with Crippen molar-refractivity contribution in [1.82, 2.24) is 0 Å². The van der Waals surface area contributed by atoms with Crippen LogP contribution in [0, 0.1) is 17.8 Å². The molecule has 0 spiro atoms. The first-order chi connectivity index (χ1) is 21.9. The fourth-order valence-corrected chi connectivity index (χ4v) is 17.4. The summed E-state index contributed by atoms with van der Waals surface area (Å²) < 4.78 is 0. The molecule has 252 valence electrons. The van der Waals surface area contributed by atoms with Crippen molar-refractivity contribution in [2.24, 2.45) is 17.8 Å². The molecule has 0 aliphatic heterocycles. The van der Waals surface area contributed by atoms with E-state index >= 15 is 0 Å². The van der Waals surface area contributed by atoms with Crippen LogP contribution in [0.25, 0.3) is 16.7 Å². The van der Waals surface area contributed by atoms with Crippen molar-refractivity contribution in [2.45, 2.75) is 142 Å². The van der Waals surface area contributed by atoms with E-state index in [1.54, 1.807) is 11.6 Å². The van der Waals surface area contributed by atoms with Crippen LogP contribution in [0.2, 0.25) is 50.4 Å². The number of carbonyl (C=O) groups is 1. The molecule has 0 fully saturated rings. The highest BCUT2D eigenvalue weighted by molar-refractivity contribution is 6.82. The number of carboxylic acids is 1. The molecular weight excluding hydrogens is 593 g/mol. The van der Waals surface area contributed by atoms with Gasteiger partial charge in [-0.1, -0.05) is 144 Å². The number of hydrogen-bond acceptors (Lipinski definition) is 2. The first-order valence-corrected chi connectivity index (χ1v) is 25.5. The fourth-order valence-electron chi connectivity index (χ4n) is 8.23. The number of benzene rings is 2. The Morgan fingerprint density at radius 1 is 0.870 bits per heavy atom. The van der Waals surface area contributed by atoms with Gasteiger partial charge < -0.3 is 9.90 Å². The summed E-state index contributed by atoms with van der Waals surface area (Å²) in [5.74, 6) is 1.51. The Kier molecular flexibility index (Phi) is 13.4. The van der Waals surface area contributed by atoms with Crippen molar-refractivity contribution < 1.29 is 9.90 Å². The molecule has 2 nitrogen and oxygen atoms in total. The van der Waals surface area contributed by atoms with Crippen molar-refractivity contribution in [1.29, 1.82) is 0 Å². The summed E-state index contributed by atoms with van der Waals surface area (Å²) in [5, 5.41) is 12.0. The molecular formula is C42H63O2Si2-. The lowest BCUT2D eigenvalue weighted by Gasteiger charge is -2.34. The van der Waals surface area contributed by atoms with Gasteiger partial charge in [0.05, 0.1) is 5.97 Å². The van der Waals surface area contributed by atoms with Crippen LogP contribution in [-0.2, 0) is 6.42 Å². The molecule has 0 amide bonds. The minimum absolute atomic E-state index is 0.292. The third-order valence-corrected chi connectivity index (χ3v) is 18.7. The van der Waals surface area contributed by atoms with E-state index in [0.717, 1.165) is 41.7 Å². The van der Waals surface area contributed by atoms with Gasteiger partial charge in [0.1, 0.15) is 0 Å². The summed E-state index contributed by atoms with van der Waals surface area (Å²) >= 11 is 0. The highest BCUT2D eigenvalue weighted by atomic mass is 28.3. The molecule has 0 saturated heterocycles. The SMILES string of the molecule is CCCC1CC=C(c2ccc(-c3cc(CCCC[Si](C)(C)CC[Si](C)(C)CC(C)C4CC=C(C)CC4)ccc3C(=O)[O-])cc2)CC1. The van der Waals surface area contributed by atoms with E-state index in [0.29, 0.717) is 5.56 Å². The van der Waals surface area contributed by atoms with Gasteiger partial charge in [-0.3, -0.25) is 0 Å². The maximum atomic E-state index is 12.0. The summed E-state index contributed by atoms with van der Waals surface area (Å²) in [6.07, 6.45) is 18.6. The lowest BCUT2D eigenvalue weighted by molar-refractivity contribution is -0.254. The summed E-state index contributed by atoms with van der Waals surface area (Å²) in [7, 11) is -2.42. The van der Waals surface area contributed by atoms with Gasteiger partial charge in [-0.05, 0) is 104 Å². The topological polar surface area (TPSA) is 40.1 Å². The zero-order chi connectivity index (χ0) is 33.3. The van der Waals surface area contributed by atoms with Gasteiger partial charge in [0.15, 0.2) is 0 Å². The molecule has 3 unspecified atom stereocenters. The van der Waals surface area contributed by atoms with Crippen LogP contribution >= 0.6 is 0 Å².